The molecule has 0 saturated carbocycles. The number of nitrogens with zero attached hydrogens (tertiary/aromatic N) is 1. The van der Waals surface area contributed by atoms with Crippen LogP contribution in [0.25, 0.3) is 0 Å². The lowest BCUT2D eigenvalue weighted by Crippen LogP contribution is -2.51. The third kappa shape index (κ3) is 6.02. The molecular formula is C13H26N4O2. The molecule has 0 aromatic heterocycles. The predicted molar refractivity (Wildman–Crippen MR) is 74.8 cm³/mol. The largest absolute Gasteiger partial charge is 0.355 e. The van der Waals surface area contributed by atoms with Gasteiger partial charge >= 0.3 is 0 Å². The number of amides is 2. The molecule has 6 nitrogen and oxygen atoms in total. The summed E-state index contributed by atoms with van der Waals surface area (Å²) < 4.78 is 0. The number of hydrogen-bond donors (Lipinski definition) is 3. The molecule has 0 radical (unpaired) electrons. The average Bonchev–Trinajstić information content (AvgIpc) is 2.37. The Kier molecular flexibility index (Phi) is 6.24. The van der Waals surface area contributed by atoms with Crippen molar-refractivity contribution in [2.24, 2.45) is 0 Å². The topological polar surface area (TPSA) is 73.5 Å². The summed E-state index contributed by atoms with van der Waals surface area (Å²) in [6.45, 7) is 6.98. The minimum absolute atomic E-state index is 0.0263. The van der Waals surface area contributed by atoms with Crippen molar-refractivity contribution in [3.8, 4) is 0 Å². The van der Waals surface area contributed by atoms with Crippen LogP contribution in [-0.4, -0.2) is 62.0 Å². The minimum Gasteiger partial charge on any atom is -0.355 e. The molecule has 3 N–H and O–H groups in total. The Morgan fingerprint density at radius 3 is 2.26 bits per heavy atom. The normalized spacial score (nSPS) is 18.9. The van der Waals surface area contributed by atoms with Crippen molar-refractivity contribution in [3.05, 3.63) is 0 Å². The summed E-state index contributed by atoms with van der Waals surface area (Å²) in [5.74, 6) is -0.0463. The minimum atomic E-state index is -0.0726. The lowest BCUT2D eigenvalue weighted by Gasteiger charge is -2.39. The maximum absolute atomic E-state index is 11.7. The summed E-state index contributed by atoms with van der Waals surface area (Å²) >= 11 is 0. The molecule has 0 atom stereocenters. The van der Waals surface area contributed by atoms with Gasteiger partial charge in [-0.25, -0.2) is 0 Å². The summed E-state index contributed by atoms with van der Waals surface area (Å²) in [6.07, 6.45) is 2.12. The molecule has 0 aliphatic carbocycles. The Labute approximate surface area is 115 Å². The molecule has 1 rings (SSSR count). The van der Waals surface area contributed by atoms with Crippen LogP contribution in [0, 0.1) is 0 Å². The second-order valence-corrected chi connectivity index (χ2v) is 5.42. The van der Waals surface area contributed by atoms with Crippen LogP contribution in [0.15, 0.2) is 0 Å². The average molecular weight is 270 g/mol. The third-order valence-electron chi connectivity index (χ3n) is 3.75. The summed E-state index contributed by atoms with van der Waals surface area (Å²) in [7, 11) is 1.99. The van der Waals surface area contributed by atoms with Crippen molar-refractivity contribution < 1.29 is 9.59 Å². The number of hydrogen-bond acceptors (Lipinski definition) is 4. The van der Waals surface area contributed by atoms with Gasteiger partial charge in [-0.1, -0.05) is 0 Å². The van der Waals surface area contributed by atoms with E-state index < -0.39 is 0 Å². The number of carbonyl (C=O) groups excluding carboxylic acids is 2. The maximum atomic E-state index is 11.7. The first-order valence-corrected chi connectivity index (χ1v) is 6.87. The van der Waals surface area contributed by atoms with Crippen molar-refractivity contribution in [1.29, 1.82) is 0 Å². The molecule has 6 heteroatoms. The Bertz CT molecular complexity index is 312. The summed E-state index contributed by atoms with van der Waals surface area (Å²) in [6, 6.07) is 0. The number of carbonyl (C=O) groups is 2. The molecule has 1 fully saturated rings. The van der Waals surface area contributed by atoms with Gasteiger partial charge in [0.05, 0.1) is 6.54 Å². The summed E-state index contributed by atoms with van der Waals surface area (Å²) in [5.41, 5.74) is 0.207. The van der Waals surface area contributed by atoms with Gasteiger partial charge in [-0.05, 0) is 26.8 Å². The first-order chi connectivity index (χ1) is 8.95. The van der Waals surface area contributed by atoms with Gasteiger partial charge < -0.3 is 16.0 Å². The summed E-state index contributed by atoms with van der Waals surface area (Å²) in [4.78, 5) is 24.5. The van der Waals surface area contributed by atoms with Gasteiger partial charge in [-0.2, -0.15) is 0 Å². The molecule has 0 bridgehead atoms. The Balaban J connectivity index is 2.15. The molecular weight excluding hydrogens is 244 g/mol. The zero-order valence-corrected chi connectivity index (χ0v) is 12.2. The fraction of sp³-hybridized carbons (Fsp3) is 0.846. The van der Waals surface area contributed by atoms with E-state index in [1.165, 1.54) is 6.92 Å². The van der Waals surface area contributed by atoms with Crippen molar-refractivity contribution in [1.82, 2.24) is 20.9 Å². The molecule has 1 saturated heterocycles. The van der Waals surface area contributed by atoms with Gasteiger partial charge in [-0.3, -0.25) is 14.5 Å². The van der Waals surface area contributed by atoms with E-state index in [-0.39, 0.29) is 17.4 Å². The first kappa shape index (κ1) is 15.9. The first-order valence-electron chi connectivity index (χ1n) is 6.87. The molecule has 1 aliphatic rings. The quantitative estimate of drug-likeness (QED) is 0.559. The van der Waals surface area contributed by atoms with Crippen molar-refractivity contribution in [2.45, 2.75) is 32.2 Å². The molecule has 110 valence electrons. The van der Waals surface area contributed by atoms with Crippen LogP contribution in [0.3, 0.4) is 0 Å². The molecule has 1 heterocycles. The highest BCUT2D eigenvalue weighted by atomic mass is 16.2. The fourth-order valence-corrected chi connectivity index (χ4v) is 2.15. The van der Waals surface area contributed by atoms with Crippen LogP contribution in [0.2, 0.25) is 0 Å². The van der Waals surface area contributed by atoms with E-state index in [2.05, 4.69) is 27.8 Å². The van der Waals surface area contributed by atoms with E-state index >= 15 is 0 Å². The second kappa shape index (κ2) is 7.45. The predicted octanol–water partition coefficient (Wildman–Crippen LogP) is -0.687. The third-order valence-corrected chi connectivity index (χ3v) is 3.75. The second-order valence-electron chi connectivity index (χ2n) is 5.42. The van der Waals surface area contributed by atoms with Gasteiger partial charge in [0.1, 0.15) is 0 Å². The standard InChI is InChI=1S/C13H26N4O2/c1-11(18)15-6-7-16-12(19)10-17-8-4-13(2,14-3)5-9-17/h14H,4-10H2,1-3H3,(H,15,18)(H,16,19). The SMILES string of the molecule is CNC1(C)CCN(CC(=O)NCCNC(C)=O)CC1. The van der Waals surface area contributed by atoms with Crippen LogP contribution >= 0.6 is 0 Å². The van der Waals surface area contributed by atoms with Crippen molar-refractivity contribution in [2.75, 3.05) is 39.8 Å². The zero-order chi connectivity index (χ0) is 14.3. The molecule has 2 amide bonds. The highest BCUT2D eigenvalue weighted by Gasteiger charge is 2.28. The highest BCUT2D eigenvalue weighted by molar-refractivity contribution is 5.78. The highest BCUT2D eigenvalue weighted by Crippen LogP contribution is 2.20. The van der Waals surface area contributed by atoms with Gasteiger partial charge in [0.15, 0.2) is 0 Å². The summed E-state index contributed by atoms with van der Waals surface area (Å²) in [5, 5.41) is 8.80. The maximum Gasteiger partial charge on any atom is 0.234 e. The van der Waals surface area contributed by atoms with Gasteiger partial charge in [0.2, 0.25) is 11.8 Å². The van der Waals surface area contributed by atoms with Crippen molar-refractivity contribution >= 4 is 11.8 Å². The fourth-order valence-electron chi connectivity index (χ4n) is 2.15. The van der Waals surface area contributed by atoms with E-state index in [0.29, 0.717) is 19.6 Å². The van der Waals surface area contributed by atoms with Crippen LogP contribution in [0.1, 0.15) is 26.7 Å². The van der Waals surface area contributed by atoms with Gasteiger partial charge in [-0.15, -0.1) is 0 Å². The number of piperidine rings is 1. The Hall–Kier alpha value is -1.14. The number of likely N-dealkylation sites (tertiary alicyclic amines) is 1. The number of rotatable bonds is 6. The van der Waals surface area contributed by atoms with E-state index in [0.717, 1.165) is 25.9 Å². The molecule has 19 heavy (non-hydrogen) atoms. The molecule has 0 aromatic carbocycles. The molecule has 0 aromatic rings. The van der Waals surface area contributed by atoms with E-state index in [9.17, 15) is 9.59 Å². The van der Waals surface area contributed by atoms with Crippen LogP contribution < -0.4 is 16.0 Å². The van der Waals surface area contributed by atoms with Gasteiger partial charge in [0, 0.05) is 38.6 Å². The van der Waals surface area contributed by atoms with Crippen molar-refractivity contribution in [3.63, 3.8) is 0 Å². The molecule has 1 aliphatic heterocycles. The van der Waals surface area contributed by atoms with Crippen LogP contribution in [0.4, 0.5) is 0 Å². The van der Waals surface area contributed by atoms with Gasteiger partial charge in [0.25, 0.3) is 0 Å². The Morgan fingerprint density at radius 1 is 1.16 bits per heavy atom. The monoisotopic (exact) mass is 270 g/mol. The van der Waals surface area contributed by atoms with Crippen LogP contribution in [0.5, 0.6) is 0 Å². The zero-order valence-electron chi connectivity index (χ0n) is 12.2. The van der Waals surface area contributed by atoms with E-state index in [4.69, 9.17) is 0 Å². The number of nitrogens with one attached hydrogen (secondary N) is 3. The van der Waals surface area contributed by atoms with E-state index in [1.807, 2.05) is 7.05 Å². The molecule has 0 spiro atoms. The smallest absolute Gasteiger partial charge is 0.234 e. The lowest BCUT2D eigenvalue weighted by atomic mass is 9.90. The lowest BCUT2D eigenvalue weighted by molar-refractivity contribution is -0.123. The molecule has 0 unspecified atom stereocenters. The Morgan fingerprint density at radius 2 is 1.74 bits per heavy atom. The van der Waals surface area contributed by atoms with Crippen LogP contribution in [-0.2, 0) is 9.59 Å². The van der Waals surface area contributed by atoms with E-state index in [1.54, 1.807) is 0 Å².